The molecule has 1 fully saturated rings. The normalized spacial score (nSPS) is 23.4. The van der Waals surface area contributed by atoms with Crippen molar-refractivity contribution in [3.63, 3.8) is 0 Å². The monoisotopic (exact) mass is 236 g/mol. The van der Waals surface area contributed by atoms with Gasteiger partial charge in [-0.1, -0.05) is 12.2 Å². The van der Waals surface area contributed by atoms with Gasteiger partial charge in [-0.3, -0.25) is 14.5 Å². The van der Waals surface area contributed by atoms with Gasteiger partial charge in [-0.05, 0) is 19.4 Å². The number of carbonyl (C=O) groups excluding carboxylic acids is 2. The largest absolute Gasteiger partial charge is 0.465 e. The molecule has 0 radical (unpaired) electrons. The van der Waals surface area contributed by atoms with E-state index in [2.05, 4.69) is 5.32 Å². The first kappa shape index (κ1) is 11.7. The third-order valence-electron chi connectivity index (χ3n) is 2.82. The van der Waals surface area contributed by atoms with Gasteiger partial charge in [0, 0.05) is 13.1 Å². The summed E-state index contributed by atoms with van der Waals surface area (Å²) in [6, 6.07) is 0. The van der Waals surface area contributed by atoms with Crippen molar-refractivity contribution < 1.29 is 14.3 Å². The molecule has 2 heterocycles. The van der Waals surface area contributed by atoms with E-state index < -0.39 is 11.9 Å². The fourth-order valence-corrected chi connectivity index (χ4v) is 1.96. The summed E-state index contributed by atoms with van der Waals surface area (Å²) in [5.74, 6) is -0.562. The SMILES string of the molecule is CCOC(=O)C1CNC2=CC=CCCN2C1=O. The molecule has 0 aliphatic carbocycles. The highest BCUT2D eigenvalue weighted by Gasteiger charge is 2.37. The van der Waals surface area contributed by atoms with Gasteiger partial charge in [0.2, 0.25) is 5.91 Å². The van der Waals surface area contributed by atoms with E-state index in [4.69, 9.17) is 4.74 Å². The Morgan fingerprint density at radius 3 is 3.24 bits per heavy atom. The smallest absolute Gasteiger partial charge is 0.320 e. The number of amides is 1. The first-order valence-electron chi connectivity index (χ1n) is 5.82. The maximum atomic E-state index is 12.1. The number of carbonyl (C=O) groups is 2. The highest BCUT2D eigenvalue weighted by atomic mass is 16.5. The predicted octanol–water partition coefficient (Wildman–Crippen LogP) is 0.399. The van der Waals surface area contributed by atoms with Gasteiger partial charge in [-0.25, -0.2) is 0 Å². The minimum atomic E-state index is -0.717. The van der Waals surface area contributed by atoms with Crippen molar-refractivity contribution in [2.24, 2.45) is 5.92 Å². The fourth-order valence-electron chi connectivity index (χ4n) is 1.96. The standard InChI is InChI=1S/C12H16N2O3/c1-2-17-12(16)9-8-13-10-6-4-3-5-7-14(10)11(9)15/h3-4,6,9,13H,2,5,7-8H2,1H3. The zero-order chi connectivity index (χ0) is 12.3. The summed E-state index contributed by atoms with van der Waals surface area (Å²) in [5.41, 5.74) is 0. The van der Waals surface area contributed by atoms with Crippen molar-refractivity contribution in [2.75, 3.05) is 19.7 Å². The van der Waals surface area contributed by atoms with Crippen molar-refractivity contribution in [3.05, 3.63) is 24.0 Å². The lowest BCUT2D eigenvalue weighted by Crippen LogP contribution is -2.52. The molecule has 1 amide bonds. The Bertz CT molecular complexity index is 387. The number of rotatable bonds is 2. The van der Waals surface area contributed by atoms with Gasteiger partial charge in [0.15, 0.2) is 5.92 Å². The van der Waals surface area contributed by atoms with E-state index in [0.29, 0.717) is 19.7 Å². The summed E-state index contributed by atoms with van der Waals surface area (Å²) in [6.07, 6.45) is 6.56. The van der Waals surface area contributed by atoms with E-state index in [1.807, 2.05) is 18.2 Å². The maximum absolute atomic E-state index is 12.1. The molecule has 1 saturated heterocycles. The first-order chi connectivity index (χ1) is 8.24. The Morgan fingerprint density at radius 2 is 2.47 bits per heavy atom. The number of nitrogens with zero attached hydrogens (tertiary/aromatic N) is 1. The quantitative estimate of drug-likeness (QED) is 0.557. The van der Waals surface area contributed by atoms with Gasteiger partial charge in [-0.2, -0.15) is 0 Å². The molecule has 92 valence electrons. The minimum absolute atomic E-state index is 0.169. The fraction of sp³-hybridized carbons (Fsp3) is 0.500. The van der Waals surface area contributed by atoms with Crippen molar-refractivity contribution >= 4 is 11.9 Å². The summed E-state index contributed by atoms with van der Waals surface area (Å²) >= 11 is 0. The number of ether oxygens (including phenoxy) is 1. The molecule has 17 heavy (non-hydrogen) atoms. The topological polar surface area (TPSA) is 58.6 Å². The van der Waals surface area contributed by atoms with Crippen LogP contribution in [0.4, 0.5) is 0 Å². The molecule has 0 spiro atoms. The molecular formula is C12H16N2O3. The van der Waals surface area contributed by atoms with Crippen LogP contribution in [0.5, 0.6) is 0 Å². The zero-order valence-corrected chi connectivity index (χ0v) is 9.81. The summed E-state index contributed by atoms with van der Waals surface area (Å²) in [4.78, 5) is 25.4. The Kier molecular flexibility index (Phi) is 3.46. The van der Waals surface area contributed by atoms with Crippen LogP contribution in [0.1, 0.15) is 13.3 Å². The molecule has 0 bridgehead atoms. The molecular weight excluding hydrogens is 220 g/mol. The predicted molar refractivity (Wildman–Crippen MR) is 61.7 cm³/mol. The maximum Gasteiger partial charge on any atom is 0.320 e. The molecule has 1 unspecified atom stereocenters. The summed E-state index contributed by atoms with van der Waals surface area (Å²) < 4.78 is 4.90. The third-order valence-corrected chi connectivity index (χ3v) is 2.82. The van der Waals surface area contributed by atoms with Crippen molar-refractivity contribution in [1.82, 2.24) is 10.2 Å². The van der Waals surface area contributed by atoms with Crippen molar-refractivity contribution in [1.29, 1.82) is 0 Å². The number of nitrogens with one attached hydrogen (secondary N) is 1. The molecule has 0 aromatic heterocycles. The van der Waals surface area contributed by atoms with E-state index in [-0.39, 0.29) is 5.91 Å². The van der Waals surface area contributed by atoms with Gasteiger partial charge < -0.3 is 10.1 Å². The summed E-state index contributed by atoms with van der Waals surface area (Å²) in [6.45, 7) is 2.95. The van der Waals surface area contributed by atoms with E-state index in [0.717, 1.165) is 12.2 Å². The van der Waals surface area contributed by atoms with E-state index in [1.54, 1.807) is 11.8 Å². The van der Waals surface area contributed by atoms with Crippen LogP contribution in [-0.2, 0) is 14.3 Å². The Morgan fingerprint density at radius 1 is 1.65 bits per heavy atom. The Hall–Kier alpha value is -1.78. The van der Waals surface area contributed by atoms with E-state index in [1.165, 1.54) is 0 Å². The van der Waals surface area contributed by atoms with E-state index in [9.17, 15) is 9.59 Å². The van der Waals surface area contributed by atoms with Crippen LogP contribution in [0.25, 0.3) is 0 Å². The molecule has 1 atom stereocenters. The summed E-state index contributed by atoms with van der Waals surface area (Å²) in [7, 11) is 0. The number of esters is 1. The molecule has 1 N–H and O–H groups in total. The lowest BCUT2D eigenvalue weighted by atomic mass is 10.1. The third kappa shape index (κ3) is 2.33. The van der Waals surface area contributed by atoms with Crippen LogP contribution in [-0.4, -0.2) is 36.5 Å². The average molecular weight is 236 g/mol. The molecule has 2 aliphatic rings. The Balaban J connectivity index is 2.12. The van der Waals surface area contributed by atoms with Gasteiger partial charge >= 0.3 is 5.97 Å². The molecule has 0 aromatic rings. The van der Waals surface area contributed by atoms with Crippen LogP contribution in [0.2, 0.25) is 0 Å². The highest BCUT2D eigenvalue weighted by molar-refractivity contribution is 5.99. The molecule has 5 nitrogen and oxygen atoms in total. The Labute approximate surface area is 100 Å². The zero-order valence-electron chi connectivity index (χ0n) is 9.81. The molecule has 0 saturated carbocycles. The number of hydrogen-bond donors (Lipinski definition) is 1. The lowest BCUT2D eigenvalue weighted by molar-refractivity contribution is -0.156. The van der Waals surface area contributed by atoms with Crippen LogP contribution in [0, 0.1) is 5.92 Å². The van der Waals surface area contributed by atoms with E-state index >= 15 is 0 Å². The van der Waals surface area contributed by atoms with Gasteiger partial charge in [-0.15, -0.1) is 0 Å². The highest BCUT2D eigenvalue weighted by Crippen LogP contribution is 2.18. The molecule has 5 heteroatoms. The number of hydrogen-bond acceptors (Lipinski definition) is 4. The van der Waals surface area contributed by atoms with Gasteiger partial charge in [0.05, 0.1) is 6.61 Å². The van der Waals surface area contributed by atoms with Crippen LogP contribution < -0.4 is 5.32 Å². The van der Waals surface area contributed by atoms with Crippen molar-refractivity contribution in [2.45, 2.75) is 13.3 Å². The second-order valence-corrected chi connectivity index (χ2v) is 3.94. The van der Waals surface area contributed by atoms with Gasteiger partial charge in [0.25, 0.3) is 0 Å². The molecule has 2 aliphatic heterocycles. The minimum Gasteiger partial charge on any atom is -0.465 e. The van der Waals surface area contributed by atoms with Crippen LogP contribution in [0.3, 0.4) is 0 Å². The molecule has 2 rings (SSSR count). The van der Waals surface area contributed by atoms with Crippen molar-refractivity contribution in [3.8, 4) is 0 Å². The van der Waals surface area contributed by atoms with Crippen LogP contribution >= 0.6 is 0 Å². The first-order valence-corrected chi connectivity index (χ1v) is 5.82. The summed E-state index contributed by atoms with van der Waals surface area (Å²) in [5, 5.41) is 3.09. The number of fused-ring (bicyclic) bond motifs is 1. The second-order valence-electron chi connectivity index (χ2n) is 3.94. The van der Waals surface area contributed by atoms with Gasteiger partial charge in [0.1, 0.15) is 5.82 Å². The van der Waals surface area contributed by atoms with Crippen LogP contribution in [0.15, 0.2) is 24.0 Å². The average Bonchev–Trinajstić information content (AvgIpc) is 2.55. The number of allylic oxidation sites excluding steroid dienone is 2. The second kappa shape index (κ2) is 5.03. The lowest BCUT2D eigenvalue weighted by Gasteiger charge is -2.33. The molecule has 0 aromatic carbocycles.